The lowest BCUT2D eigenvalue weighted by Crippen LogP contribution is -2.38. The molecule has 0 aliphatic heterocycles. The minimum Gasteiger partial charge on any atom is -0.476 e. The minimum atomic E-state index is -4.87. The number of carboxylic acid groups (broad SMARTS) is 1. The molecule has 0 radical (unpaired) electrons. The molecule has 168 valence electrons. The van der Waals surface area contributed by atoms with Gasteiger partial charge in [-0.2, -0.15) is 18.3 Å². The van der Waals surface area contributed by atoms with E-state index in [-0.39, 0.29) is 35.6 Å². The molecule has 0 saturated heterocycles. The van der Waals surface area contributed by atoms with Crippen molar-refractivity contribution in [3.63, 3.8) is 0 Å². The second-order valence-corrected chi connectivity index (χ2v) is 7.33. The standard InChI is InChI=1S/C20H21F4N3O4/c21-15-7-6-12(8-14(15)20(22,23)24)11-31-18-9-16(19(29)30)26-27(18)10-17(28)25-13-4-2-1-3-5-13/h6-9,13H,1-5,10-11H2,(H,25,28)(H,29,30). The van der Waals surface area contributed by atoms with E-state index in [0.29, 0.717) is 12.1 Å². The molecule has 7 nitrogen and oxygen atoms in total. The second-order valence-electron chi connectivity index (χ2n) is 7.33. The van der Waals surface area contributed by atoms with Crippen LogP contribution in [0.1, 0.15) is 53.7 Å². The number of carbonyl (C=O) groups excluding carboxylic acids is 1. The van der Waals surface area contributed by atoms with Crippen LogP contribution in [-0.2, 0) is 24.1 Å². The van der Waals surface area contributed by atoms with Gasteiger partial charge in [0.05, 0.1) is 5.56 Å². The van der Waals surface area contributed by atoms with Crippen LogP contribution in [0.5, 0.6) is 5.88 Å². The summed E-state index contributed by atoms with van der Waals surface area (Å²) >= 11 is 0. The Balaban J connectivity index is 1.72. The van der Waals surface area contributed by atoms with Crippen molar-refractivity contribution >= 4 is 11.9 Å². The Morgan fingerprint density at radius 3 is 2.55 bits per heavy atom. The first-order valence-electron chi connectivity index (χ1n) is 9.72. The van der Waals surface area contributed by atoms with Gasteiger partial charge in [-0.3, -0.25) is 4.79 Å². The van der Waals surface area contributed by atoms with Gasteiger partial charge < -0.3 is 15.2 Å². The number of nitrogens with one attached hydrogen (secondary N) is 1. The topological polar surface area (TPSA) is 93.5 Å². The van der Waals surface area contributed by atoms with Gasteiger partial charge in [-0.05, 0) is 30.5 Å². The van der Waals surface area contributed by atoms with Crippen LogP contribution < -0.4 is 10.1 Å². The molecule has 1 fully saturated rings. The van der Waals surface area contributed by atoms with Crippen molar-refractivity contribution in [1.82, 2.24) is 15.1 Å². The largest absolute Gasteiger partial charge is 0.476 e. The summed E-state index contributed by atoms with van der Waals surface area (Å²) < 4.78 is 58.5. The van der Waals surface area contributed by atoms with Gasteiger partial charge in [-0.15, -0.1) is 0 Å². The first-order chi connectivity index (χ1) is 14.6. The predicted molar refractivity (Wildman–Crippen MR) is 99.9 cm³/mol. The van der Waals surface area contributed by atoms with Gasteiger partial charge in [0.2, 0.25) is 11.8 Å². The van der Waals surface area contributed by atoms with Gasteiger partial charge in [-0.25, -0.2) is 13.9 Å². The number of carboxylic acids is 1. The fourth-order valence-electron chi connectivity index (χ4n) is 3.43. The molecule has 1 aliphatic rings. The molecule has 31 heavy (non-hydrogen) atoms. The van der Waals surface area contributed by atoms with E-state index in [0.717, 1.165) is 48.9 Å². The number of amides is 1. The van der Waals surface area contributed by atoms with Gasteiger partial charge in [-0.1, -0.05) is 25.3 Å². The summed E-state index contributed by atoms with van der Waals surface area (Å²) in [5.41, 5.74) is -1.79. The van der Waals surface area contributed by atoms with Crippen LogP contribution in [0.3, 0.4) is 0 Å². The van der Waals surface area contributed by atoms with Crippen LogP contribution in [0.4, 0.5) is 17.6 Å². The highest BCUT2D eigenvalue weighted by Gasteiger charge is 2.34. The van der Waals surface area contributed by atoms with Crippen molar-refractivity contribution in [1.29, 1.82) is 0 Å². The number of carbonyl (C=O) groups is 2. The van der Waals surface area contributed by atoms with Gasteiger partial charge in [0, 0.05) is 12.1 Å². The summed E-state index contributed by atoms with van der Waals surface area (Å²) in [6.07, 6.45) is 0.00545. The maximum atomic E-state index is 13.4. The van der Waals surface area contributed by atoms with Crippen molar-refractivity contribution < 1.29 is 37.0 Å². The number of halogens is 4. The lowest BCUT2D eigenvalue weighted by atomic mass is 9.95. The third kappa shape index (κ3) is 5.96. The summed E-state index contributed by atoms with van der Waals surface area (Å²) in [7, 11) is 0. The number of hydrogen-bond acceptors (Lipinski definition) is 4. The first kappa shape index (κ1) is 22.6. The Kier molecular flexibility index (Phi) is 6.81. The molecule has 0 bridgehead atoms. The van der Waals surface area contributed by atoms with Gasteiger partial charge >= 0.3 is 12.1 Å². The molecule has 0 spiro atoms. The SMILES string of the molecule is O=C(Cn1nc(C(=O)O)cc1OCc1ccc(F)c(C(F)(F)F)c1)NC1CCCCC1. The Morgan fingerprint density at radius 1 is 1.19 bits per heavy atom. The Hall–Kier alpha value is -3.11. The fourth-order valence-corrected chi connectivity index (χ4v) is 3.43. The molecular weight excluding hydrogens is 422 g/mol. The maximum Gasteiger partial charge on any atom is 0.419 e. The third-order valence-electron chi connectivity index (χ3n) is 4.95. The average Bonchev–Trinajstić information content (AvgIpc) is 3.10. The maximum absolute atomic E-state index is 13.4. The summed E-state index contributed by atoms with van der Waals surface area (Å²) in [5, 5.41) is 15.8. The molecule has 0 atom stereocenters. The summed E-state index contributed by atoms with van der Waals surface area (Å²) in [5.74, 6) is -3.24. The highest BCUT2D eigenvalue weighted by molar-refractivity contribution is 5.85. The Labute approximate surface area is 175 Å². The number of aromatic nitrogens is 2. The molecule has 2 aromatic rings. The zero-order valence-electron chi connectivity index (χ0n) is 16.4. The van der Waals surface area contributed by atoms with Crippen LogP contribution >= 0.6 is 0 Å². The Bertz CT molecular complexity index is 952. The number of rotatable bonds is 7. The smallest absolute Gasteiger partial charge is 0.419 e. The van der Waals surface area contributed by atoms with E-state index in [1.165, 1.54) is 0 Å². The quantitative estimate of drug-likeness (QED) is 0.636. The Morgan fingerprint density at radius 2 is 1.90 bits per heavy atom. The number of hydrogen-bond donors (Lipinski definition) is 2. The van der Waals surface area contributed by atoms with Gasteiger partial charge in [0.25, 0.3) is 0 Å². The van der Waals surface area contributed by atoms with Gasteiger partial charge in [0.1, 0.15) is 19.0 Å². The van der Waals surface area contributed by atoms with Crippen molar-refractivity contribution in [3.8, 4) is 5.88 Å². The monoisotopic (exact) mass is 443 g/mol. The molecule has 11 heteroatoms. The molecule has 1 aliphatic carbocycles. The summed E-state index contributed by atoms with van der Waals surface area (Å²) in [6.45, 7) is -0.714. The molecule has 2 N–H and O–H groups in total. The fraction of sp³-hybridized carbons (Fsp3) is 0.450. The van der Waals surface area contributed by atoms with Crippen LogP contribution in [-0.4, -0.2) is 32.8 Å². The van der Waals surface area contributed by atoms with E-state index in [1.807, 2.05) is 0 Å². The molecule has 1 amide bonds. The highest BCUT2D eigenvalue weighted by atomic mass is 19.4. The van der Waals surface area contributed by atoms with Crippen LogP contribution in [0.25, 0.3) is 0 Å². The van der Waals surface area contributed by atoms with Crippen molar-refractivity contribution in [2.75, 3.05) is 0 Å². The van der Waals surface area contributed by atoms with E-state index in [1.54, 1.807) is 0 Å². The predicted octanol–water partition coefficient (Wildman–Crippen LogP) is 3.77. The van der Waals surface area contributed by atoms with Crippen LogP contribution in [0.15, 0.2) is 24.3 Å². The van der Waals surface area contributed by atoms with E-state index >= 15 is 0 Å². The number of nitrogens with zero attached hydrogens (tertiary/aromatic N) is 2. The van der Waals surface area contributed by atoms with Gasteiger partial charge in [0.15, 0.2) is 5.69 Å². The zero-order valence-corrected chi connectivity index (χ0v) is 16.4. The van der Waals surface area contributed by atoms with E-state index in [4.69, 9.17) is 9.84 Å². The lowest BCUT2D eigenvalue weighted by molar-refractivity contribution is -0.140. The second kappa shape index (κ2) is 9.36. The average molecular weight is 443 g/mol. The molecule has 0 unspecified atom stereocenters. The number of ether oxygens (including phenoxy) is 1. The van der Waals surface area contributed by atoms with E-state index in [2.05, 4.69) is 10.4 Å². The van der Waals surface area contributed by atoms with Crippen LogP contribution in [0, 0.1) is 5.82 Å². The van der Waals surface area contributed by atoms with Crippen molar-refractivity contribution in [2.24, 2.45) is 0 Å². The number of benzene rings is 1. The van der Waals surface area contributed by atoms with Crippen molar-refractivity contribution in [2.45, 2.75) is 57.5 Å². The molecule has 1 aromatic carbocycles. The molecule has 3 rings (SSSR count). The van der Waals surface area contributed by atoms with E-state index in [9.17, 15) is 27.2 Å². The number of alkyl halides is 3. The molecule has 1 saturated carbocycles. The van der Waals surface area contributed by atoms with Crippen molar-refractivity contribution in [3.05, 3.63) is 46.9 Å². The first-order valence-corrected chi connectivity index (χ1v) is 9.72. The normalized spacial score (nSPS) is 15.0. The summed E-state index contributed by atoms with van der Waals surface area (Å²) in [4.78, 5) is 23.6. The minimum absolute atomic E-state index is 0.0185. The third-order valence-corrected chi connectivity index (χ3v) is 4.95. The lowest BCUT2D eigenvalue weighted by Gasteiger charge is -2.22. The number of aromatic carboxylic acids is 1. The highest BCUT2D eigenvalue weighted by Crippen LogP contribution is 2.32. The molecular formula is C20H21F4N3O4. The van der Waals surface area contributed by atoms with Crippen LogP contribution in [0.2, 0.25) is 0 Å². The zero-order chi connectivity index (χ0) is 22.6. The molecule has 1 heterocycles. The van der Waals surface area contributed by atoms with E-state index < -0.39 is 30.1 Å². The summed E-state index contributed by atoms with van der Waals surface area (Å²) in [6, 6.07) is 3.53. The molecule has 1 aromatic heterocycles.